The third-order valence-corrected chi connectivity index (χ3v) is 2.36. The number of hydrogen-bond acceptors (Lipinski definition) is 2. The van der Waals surface area contributed by atoms with E-state index >= 15 is 0 Å². The molecule has 1 heterocycles. The normalized spacial score (nSPS) is 10.1. The molecule has 1 rings (SSSR count). The van der Waals surface area contributed by atoms with Crippen LogP contribution in [0.2, 0.25) is 0 Å². The van der Waals surface area contributed by atoms with E-state index in [4.69, 9.17) is 0 Å². The summed E-state index contributed by atoms with van der Waals surface area (Å²) in [6.45, 7) is 1.91. The molecule has 0 aromatic carbocycles. The van der Waals surface area contributed by atoms with Gasteiger partial charge in [-0.2, -0.15) is 0 Å². The zero-order valence-electron chi connectivity index (χ0n) is 6.84. The van der Waals surface area contributed by atoms with Crippen molar-refractivity contribution >= 4 is 11.8 Å². The predicted octanol–water partition coefficient (Wildman–Crippen LogP) is 0.230. The first-order chi connectivity index (χ1) is 5.15. The second kappa shape index (κ2) is 3.09. The van der Waals surface area contributed by atoms with E-state index in [1.165, 1.54) is 11.8 Å². The lowest BCUT2D eigenvalue weighted by molar-refractivity contribution is -0.719. The molecule has 60 valence electrons. The van der Waals surface area contributed by atoms with E-state index in [0.29, 0.717) is 0 Å². The zero-order chi connectivity index (χ0) is 8.43. The van der Waals surface area contributed by atoms with Crippen LogP contribution in [0.4, 0.5) is 0 Å². The van der Waals surface area contributed by atoms with Crippen molar-refractivity contribution in [2.75, 3.05) is 6.26 Å². The Hall–Kier alpha value is -0.770. The van der Waals surface area contributed by atoms with Crippen molar-refractivity contribution < 1.29 is 4.57 Å². The SMILES string of the molecule is CSc1[nH]c(=O)cc(C)[n+]1C. The van der Waals surface area contributed by atoms with Gasteiger partial charge in [0.1, 0.15) is 5.69 Å². The number of thioether (sulfide) groups is 1. The Morgan fingerprint density at radius 3 is 2.82 bits per heavy atom. The van der Waals surface area contributed by atoms with Crippen molar-refractivity contribution in [2.45, 2.75) is 12.1 Å². The molecule has 0 fully saturated rings. The van der Waals surface area contributed by atoms with Gasteiger partial charge < -0.3 is 0 Å². The molecule has 0 unspecified atom stereocenters. The van der Waals surface area contributed by atoms with Crippen molar-refractivity contribution in [2.24, 2.45) is 7.05 Å². The Kier molecular flexibility index (Phi) is 2.34. The molecular weight excluding hydrogens is 160 g/mol. The Morgan fingerprint density at radius 2 is 2.27 bits per heavy atom. The van der Waals surface area contributed by atoms with Gasteiger partial charge in [-0.1, -0.05) is 0 Å². The lowest BCUT2D eigenvalue weighted by atomic mass is 10.4. The molecule has 1 N–H and O–H groups in total. The topological polar surface area (TPSA) is 36.7 Å². The van der Waals surface area contributed by atoms with Crippen LogP contribution in [0.3, 0.4) is 0 Å². The second-order valence-electron chi connectivity index (χ2n) is 2.34. The first-order valence-electron chi connectivity index (χ1n) is 3.29. The van der Waals surface area contributed by atoms with E-state index in [9.17, 15) is 4.79 Å². The number of aromatic nitrogens is 2. The average molecular weight is 171 g/mol. The van der Waals surface area contributed by atoms with Crippen LogP contribution >= 0.6 is 11.8 Å². The molecule has 0 saturated carbocycles. The predicted molar refractivity (Wildman–Crippen MR) is 44.8 cm³/mol. The zero-order valence-corrected chi connectivity index (χ0v) is 7.66. The van der Waals surface area contributed by atoms with Crippen molar-refractivity contribution in [1.82, 2.24) is 4.98 Å². The summed E-state index contributed by atoms with van der Waals surface area (Å²) in [7, 11) is 1.93. The molecule has 0 amide bonds. The molecule has 0 saturated heterocycles. The number of nitrogens with one attached hydrogen (secondary N) is 1. The molecule has 1 aromatic rings. The number of nitrogens with zero attached hydrogens (tertiary/aromatic N) is 1. The molecule has 0 aliphatic rings. The number of H-pyrrole nitrogens is 1. The van der Waals surface area contributed by atoms with E-state index < -0.39 is 0 Å². The van der Waals surface area contributed by atoms with Gasteiger partial charge in [0.05, 0.1) is 13.1 Å². The fourth-order valence-corrected chi connectivity index (χ4v) is 1.48. The molecule has 1 aromatic heterocycles. The third kappa shape index (κ3) is 1.63. The highest BCUT2D eigenvalue weighted by molar-refractivity contribution is 7.98. The summed E-state index contributed by atoms with van der Waals surface area (Å²) >= 11 is 1.53. The smallest absolute Gasteiger partial charge is 0.241 e. The minimum atomic E-state index is -0.0371. The molecule has 0 atom stereocenters. The summed E-state index contributed by atoms with van der Waals surface area (Å²) in [5.41, 5.74) is 0.933. The molecular formula is C7H11N2OS+. The maximum absolute atomic E-state index is 10.9. The molecule has 0 spiro atoms. The van der Waals surface area contributed by atoms with Crippen LogP contribution in [-0.2, 0) is 7.05 Å². The van der Waals surface area contributed by atoms with E-state index in [0.717, 1.165) is 10.9 Å². The fourth-order valence-electron chi connectivity index (χ4n) is 0.860. The average Bonchev–Trinajstić information content (AvgIpc) is 1.96. The van der Waals surface area contributed by atoms with E-state index in [-0.39, 0.29) is 5.56 Å². The van der Waals surface area contributed by atoms with Crippen LogP contribution in [-0.4, -0.2) is 11.2 Å². The highest BCUT2D eigenvalue weighted by atomic mass is 32.2. The van der Waals surface area contributed by atoms with Crippen molar-refractivity contribution in [3.8, 4) is 0 Å². The summed E-state index contributed by atoms with van der Waals surface area (Å²) in [6, 6.07) is 1.58. The van der Waals surface area contributed by atoms with Crippen LogP contribution in [0.25, 0.3) is 0 Å². The summed E-state index contributed by atoms with van der Waals surface area (Å²) in [4.78, 5) is 13.7. The van der Waals surface area contributed by atoms with Gasteiger partial charge in [-0.3, -0.25) is 0 Å². The summed E-state index contributed by atoms with van der Waals surface area (Å²) in [5, 5.41) is 0.884. The van der Waals surface area contributed by atoms with Crippen LogP contribution in [0, 0.1) is 6.92 Å². The highest BCUT2D eigenvalue weighted by Crippen LogP contribution is 2.01. The maximum Gasteiger partial charge on any atom is 0.336 e. The van der Waals surface area contributed by atoms with Crippen LogP contribution in [0.5, 0.6) is 0 Å². The van der Waals surface area contributed by atoms with Gasteiger partial charge in [0.25, 0.3) is 0 Å². The lowest BCUT2D eigenvalue weighted by Crippen LogP contribution is -2.38. The van der Waals surface area contributed by atoms with Gasteiger partial charge in [-0.05, 0) is 24.9 Å². The van der Waals surface area contributed by atoms with Crippen LogP contribution in [0.1, 0.15) is 5.69 Å². The third-order valence-electron chi connectivity index (χ3n) is 1.60. The van der Waals surface area contributed by atoms with E-state index in [1.807, 2.05) is 24.8 Å². The largest absolute Gasteiger partial charge is 0.336 e. The molecule has 0 radical (unpaired) electrons. The first kappa shape index (κ1) is 8.33. The number of aromatic amines is 1. The molecule has 0 aliphatic carbocycles. The van der Waals surface area contributed by atoms with Crippen LogP contribution in [0.15, 0.2) is 16.0 Å². The lowest BCUT2D eigenvalue weighted by Gasteiger charge is -1.98. The monoisotopic (exact) mass is 171 g/mol. The number of hydrogen-bond donors (Lipinski definition) is 1. The van der Waals surface area contributed by atoms with Crippen molar-refractivity contribution in [1.29, 1.82) is 0 Å². The fraction of sp³-hybridized carbons (Fsp3) is 0.429. The van der Waals surface area contributed by atoms with Gasteiger partial charge in [0.15, 0.2) is 0 Å². The summed E-state index contributed by atoms with van der Waals surface area (Å²) in [5.74, 6) is 0. The van der Waals surface area contributed by atoms with Crippen molar-refractivity contribution in [3.05, 3.63) is 22.1 Å². The quantitative estimate of drug-likeness (QED) is 0.373. The van der Waals surface area contributed by atoms with E-state index in [2.05, 4.69) is 4.98 Å². The van der Waals surface area contributed by atoms with Gasteiger partial charge in [0.2, 0.25) is 0 Å². The Bertz CT molecular complexity index is 319. The summed E-state index contributed by atoms with van der Waals surface area (Å²) < 4.78 is 1.95. The molecule has 0 aliphatic heterocycles. The number of rotatable bonds is 1. The van der Waals surface area contributed by atoms with Gasteiger partial charge >= 0.3 is 10.7 Å². The molecule has 3 nitrogen and oxygen atoms in total. The molecule has 0 bridgehead atoms. The van der Waals surface area contributed by atoms with Crippen molar-refractivity contribution in [3.63, 3.8) is 0 Å². The Morgan fingerprint density at radius 1 is 1.64 bits per heavy atom. The standard InChI is InChI=1S/C7H10N2OS/c1-5-4-6(10)8-7(11-3)9(5)2/h4H,1-3H3/p+1. The summed E-state index contributed by atoms with van der Waals surface area (Å²) in [6.07, 6.45) is 1.94. The molecule has 11 heavy (non-hydrogen) atoms. The first-order valence-corrected chi connectivity index (χ1v) is 4.51. The van der Waals surface area contributed by atoms with E-state index in [1.54, 1.807) is 6.07 Å². The van der Waals surface area contributed by atoms with Gasteiger partial charge in [-0.15, -0.1) is 0 Å². The number of aryl methyl sites for hydroxylation is 1. The Labute approximate surface area is 69.5 Å². The highest BCUT2D eigenvalue weighted by Gasteiger charge is 2.07. The Balaban J connectivity index is 3.36. The molecule has 4 heteroatoms. The second-order valence-corrected chi connectivity index (χ2v) is 3.14. The van der Waals surface area contributed by atoms with Gasteiger partial charge in [-0.25, -0.2) is 14.3 Å². The van der Waals surface area contributed by atoms with Gasteiger partial charge in [0, 0.05) is 0 Å². The maximum atomic E-state index is 10.9. The van der Waals surface area contributed by atoms with Crippen LogP contribution < -0.4 is 10.1 Å². The minimum Gasteiger partial charge on any atom is -0.241 e. The minimum absolute atomic E-state index is 0.0371.